The number of methoxy groups -OCH3 is 1. The normalized spacial score (nSPS) is 19.4. The first-order chi connectivity index (χ1) is 5.25. The highest BCUT2D eigenvalue weighted by atomic mass is 16.5. The Bertz CT molecular complexity index is 214. The summed E-state index contributed by atoms with van der Waals surface area (Å²) in [6, 6.07) is 0. The zero-order valence-corrected chi connectivity index (χ0v) is 6.29. The van der Waals surface area contributed by atoms with Crippen LogP contribution in [0.1, 0.15) is 19.3 Å². The van der Waals surface area contributed by atoms with Gasteiger partial charge >= 0.3 is 5.97 Å². The SMILES string of the molecule is COC(=O)C1(N=C=O)CCC1. The third kappa shape index (κ3) is 1.17. The maximum absolute atomic E-state index is 11.0. The van der Waals surface area contributed by atoms with Gasteiger partial charge in [-0.05, 0) is 19.3 Å². The van der Waals surface area contributed by atoms with E-state index in [1.165, 1.54) is 13.2 Å². The molecule has 1 saturated carbocycles. The van der Waals surface area contributed by atoms with E-state index in [-0.39, 0.29) is 0 Å². The maximum atomic E-state index is 11.0. The molecule has 1 aliphatic rings. The fraction of sp³-hybridized carbons (Fsp3) is 0.714. The molecule has 0 unspecified atom stereocenters. The first-order valence-corrected chi connectivity index (χ1v) is 3.42. The fourth-order valence-corrected chi connectivity index (χ4v) is 1.15. The summed E-state index contributed by atoms with van der Waals surface area (Å²) in [4.78, 5) is 24.4. The lowest BCUT2D eigenvalue weighted by Gasteiger charge is -2.32. The van der Waals surface area contributed by atoms with Gasteiger partial charge in [-0.15, -0.1) is 0 Å². The third-order valence-electron chi connectivity index (χ3n) is 2.01. The molecule has 0 aromatic carbocycles. The van der Waals surface area contributed by atoms with Crippen molar-refractivity contribution in [2.45, 2.75) is 24.8 Å². The summed E-state index contributed by atoms with van der Waals surface area (Å²) in [7, 11) is 1.29. The maximum Gasteiger partial charge on any atom is 0.334 e. The molecule has 0 amide bonds. The summed E-state index contributed by atoms with van der Waals surface area (Å²) in [6.07, 6.45) is 3.53. The predicted molar refractivity (Wildman–Crippen MR) is 36.7 cm³/mol. The average Bonchev–Trinajstić information content (AvgIpc) is 1.95. The average molecular weight is 155 g/mol. The summed E-state index contributed by atoms with van der Waals surface area (Å²) in [5.41, 5.74) is -0.878. The van der Waals surface area contributed by atoms with E-state index in [1.54, 1.807) is 0 Å². The lowest BCUT2D eigenvalue weighted by atomic mass is 9.77. The van der Waals surface area contributed by atoms with Gasteiger partial charge in [-0.3, -0.25) is 0 Å². The summed E-state index contributed by atoms with van der Waals surface area (Å²) < 4.78 is 4.50. The van der Waals surface area contributed by atoms with Gasteiger partial charge in [0.25, 0.3) is 0 Å². The molecular weight excluding hydrogens is 146 g/mol. The minimum atomic E-state index is -0.878. The van der Waals surface area contributed by atoms with Crippen LogP contribution in [0.15, 0.2) is 4.99 Å². The predicted octanol–water partition coefficient (Wildman–Crippen LogP) is 0.418. The van der Waals surface area contributed by atoms with Crippen molar-refractivity contribution < 1.29 is 14.3 Å². The fourth-order valence-electron chi connectivity index (χ4n) is 1.15. The quantitative estimate of drug-likeness (QED) is 0.330. The molecule has 0 aromatic heterocycles. The topological polar surface area (TPSA) is 55.7 Å². The molecule has 1 aliphatic carbocycles. The lowest BCUT2D eigenvalue weighted by molar-refractivity contribution is -0.150. The van der Waals surface area contributed by atoms with Gasteiger partial charge < -0.3 is 4.74 Å². The lowest BCUT2D eigenvalue weighted by Crippen LogP contribution is -2.44. The van der Waals surface area contributed by atoms with E-state index in [4.69, 9.17) is 0 Å². The number of hydrogen-bond acceptors (Lipinski definition) is 4. The van der Waals surface area contributed by atoms with Crippen molar-refractivity contribution >= 4 is 12.0 Å². The van der Waals surface area contributed by atoms with Crippen molar-refractivity contribution in [1.29, 1.82) is 0 Å². The summed E-state index contributed by atoms with van der Waals surface area (Å²) >= 11 is 0. The highest BCUT2D eigenvalue weighted by molar-refractivity contribution is 5.83. The molecule has 11 heavy (non-hydrogen) atoms. The van der Waals surface area contributed by atoms with Gasteiger partial charge in [0.15, 0.2) is 5.54 Å². The summed E-state index contributed by atoms with van der Waals surface area (Å²) in [5, 5.41) is 0. The number of carbonyl (C=O) groups excluding carboxylic acids is 2. The number of carbonyl (C=O) groups is 1. The second-order valence-electron chi connectivity index (χ2n) is 2.58. The van der Waals surface area contributed by atoms with Gasteiger partial charge in [-0.25, -0.2) is 9.59 Å². The molecular formula is C7H9NO3. The van der Waals surface area contributed by atoms with Crippen molar-refractivity contribution in [2.75, 3.05) is 7.11 Å². The molecule has 4 nitrogen and oxygen atoms in total. The van der Waals surface area contributed by atoms with Crippen LogP contribution in [-0.4, -0.2) is 24.7 Å². The van der Waals surface area contributed by atoms with Crippen LogP contribution in [0.3, 0.4) is 0 Å². The Labute approximate surface area is 64.3 Å². The Kier molecular flexibility index (Phi) is 2.06. The Morgan fingerprint density at radius 2 is 2.27 bits per heavy atom. The van der Waals surface area contributed by atoms with Crippen LogP contribution < -0.4 is 0 Å². The molecule has 0 heterocycles. The molecule has 4 heteroatoms. The molecule has 0 bridgehead atoms. The van der Waals surface area contributed by atoms with Crippen LogP contribution in [-0.2, 0) is 14.3 Å². The van der Waals surface area contributed by atoms with Crippen molar-refractivity contribution in [3.63, 3.8) is 0 Å². The third-order valence-corrected chi connectivity index (χ3v) is 2.01. The molecule has 0 spiro atoms. The number of aliphatic imine (C=N–C) groups is 1. The van der Waals surface area contributed by atoms with E-state index in [1.807, 2.05) is 0 Å². The highest BCUT2D eigenvalue weighted by Gasteiger charge is 2.45. The first-order valence-electron chi connectivity index (χ1n) is 3.42. The van der Waals surface area contributed by atoms with Gasteiger partial charge in [0, 0.05) is 0 Å². The van der Waals surface area contributed by atoms with Crippen LogP contribution in [0.5, 0.6) is 0 Å². The number of nitrogens with zero attached hydrogens (tertiary/aromatic N) is 1. The van der Waals surface area contributed by atoms with Gasteiger partial charge in [-0.1, -0.05) is 0 Å². The minimum absolute atomic E-state index is 0.424. The molecule has 0 atom stereocenters. The number of ether oxygens (including phenoxy) is 1. The van der Waals surface area contributed by atoms with Crippen molar-refractivity contribution in [3.8, 4) is 0 Å². The van der Waals surface area contributed by atoms with Gasteiger partial charge in [0.2, 0.25) is 6.08 Å². The van der Waals surface area contributed by atoms with Crippen molar-refractivity contribution in [3.05, 3.63) is 0 Å². The molecule has 0 radical (unpaired) electrons. The van der Waals surface area contributed by atoms with Crippen LogP contribution in [0.25, 0.3) is 0 Å². The monoisotopic (exact) mass is 155 g/mol. The molecule has 0 N–H and O–H groups in total. The Hall–Kier alpha value is -1.15. The van der Waals surface area contributed by atoms with Crippen LogP contribution >= 0.6 is 0 Å². The largest absolute Gasteiger partial charge is 0.467 e. The Morgan fingerprint density at radius 3 is 2.55 bits per heavy atom. The van der Waals surface area contributed by atoms with Gasteiger partial charge in [-0.2, -0.15) is 4.99 Å². The standard InChI is InChI=1S/C7H9NO3/c1-11-6(10)7(8-5-9)3-2-4-7/h2-4H2,1H3. The Morgan fingerprint density at radius 1 is 1.64 bits per heavy atom. The van der Waals surface area contributed by atoms with Crippen LogP contribution in [0.4, 0.5) is 0 Å². The summed E-state index contributed by atoms with van der Waals surface area (Å²) in [6.45, 7) is 0. The summed E-state index contributed by atoms with van der Waals surface area (Å²) in [5.74, 6) is -0.424. The molecule has 0 aromatic rings. The van der Waals surface area contributed by atoms with Gasteiger partial charge in [0.1, 0.15) is 0 Å². The van der Waals surface area contributed by atoms with Crippen LogP contribution in [0, 0.1) is 0 Å². The molecule has 1 fully saturated rings. The Balaban J connectivity index is 2.75. The highest BCUT2D eigenvalue weighted by Crippen LogP contribution is 2.36. The number of hydrogen-bond donors (Lipinski definition) is 0. The van der Waals surface area contributed by atoms with Crippen molar-refractivity contribution in [2.24, 2.45) is 4.99 Å². The molecule has 60 valence electrons. The van der Waals surface area contributed by atoms with E-state index < -0.39 is 11.5 Å². The molecule has 1 rings (SSSR count). The smallest absolute Gasteiger partial charge is 0.334 e. The van der Waals surface area contributed by atoms with E-state index in [2.05, 4.69) is 9.73 Å². The van der Waals surface area contributed by atoms with Crippen LogP contribution in [0.2, 0.25) is 0 Å². The number of esters is 1. The van der Waals surface area contributed by atoms with Gasteiger partial charge in [0.05, 0.1) is 7.11 Å². The van der Waals surface area contributed by atoms with E-state index in [0.717, 1.165) is 6.42 Å². The second kappa shape index (κ2) is 2.84. The zero-order valence-electron chi connectivity index (χ0n) is 6.29. The zero-order chi connectivity index (χ0) is 8.32. The van der Waals surface area contributed by atoms with E-state index in [0.29, 0.717) is 12.8 Å². The number of isocyanates is 1. The molecule has 0 saturated heterocycles. The number of rotatable bonds is 2. The second-order valence-corrected chi connectivity index (χ2v) is 2.58. The van der Waals surface area contributed by atoms with Crippen molar-refractivity contribution in [1.82, 2.24) is 0 Å². The first kappa shape index (κ1) is 7.95. The molecule has 0 aliphatic heterocycles. The minimum Gasteiger partial charge on any atom is -0.467 e. The van der Waals surface area contributed by atoms with E-state index >= 15 is 0 Å². The van der Waals surface area contributed by atoms with E-state index in [9.17, 15) is 9.59 Å².